The Morgan fingerprint density at radius 1 is 1.82 bits per heavy atom. The molecule has 0 saturated carbocycles. The molecular formula is C5H10N4OS. The number of hydrogen-bond donors (Lipinski definition) is 2. The van der Waals surface area contributed by atoms with Crippen LogP contribution in [-0.2, 0) is 0 Å². The van der Waals surface area contributed by atoms with E-state index in [1.165, 1.54) is 5.01 Å². The lowest BCUT2D eigenvalue weighted by Crippen LogP contribution is -2.35. The molecule has 11 heavy (non-hydrogen) atoms. The van der Waals surface area contributed by atoms with Gasteiger partial charge in [-0.15, -0.1) is 0 Å². The molecule has 0 radical (unpaired) electrons. The third-order valence-electron chi connectivity index (χ3n) is 1.21. The summed E-state index contributed by atoms with van der Waals surface area (Å²) in [6.07, 6.45) is 0.896. The number of rotatable bonds is 3. The second kappa shape index (κ2) is 3.49. The Morgan fingerprint density at radius 2 is 2.55 bits per heavy atom. The molecule has 0 aliphatic heterocycles. The average molecular weight is 174 g/mol. The zero-order valence-corrected chi connectivity index (χ0v) is 7.02. The molecule has 0 atom stereocenters. The summed E-state index contributed by atoms with van der Waals surface area (Å²) in [5.41, 5.74) is -0.217. The van der Waals surface area contributed by atoms with Crippen molar-refractivity contribution in [2.24, 2.45) is 5.84 Å². The number of anilines is 1. The Hall–Kier alpha value is -0.880. The van der Waals surface area contributed by atoms with Gasteiger partial charge in [-0.25, -0.2) is 5.84 Å². The third kappa shape index (κ3) is 1.78. The van der Waals surface area contributed by atoms with Gasteiger partial charge in [0.25, 0.3) is 0 Å². The van der Waals surface area contributed by atoms with Crippen LogP contribution in [0.2, 0.25) is 0 Å². The first kappa shape index (κ1) is 8.22. The summed E-state index contributed by atoms with van der Waals surface area (Å²) in [6, 6.07) is 0. The Kier molecular flexibility index (Phi) is 2.61. The van der Waals surface area contributed by atoms with Crippen LogP contribution in [0.4, 0.5) is 5.82 Å². The number of hydrogen-bond acceptors (Lipinski definition) is 5. The molecule has 1 heterocycles. The molecule has 6 heteroatoms. The van der Waals surface area contributed by atoms with Crippen LogP contribution >= 0.6 is 11.7 Å². The Morgan fingerprint density at radius 3 is 3.00 bits per heavy atom. The fourth-order valence-corrected chi connectivity index (χ4v) is 1.22. The fraction of sp³-hybridized carbons (Fsp3) is 0.600. The summed E-state index contributed by atoms with van der Waals surface area (Å²) in [5, 5.41) is 1.36. The lowest BCUT2D eigenvalue weighted by atomic mass is 10.5. The predicted molar refractivity (Wildman–Crippen MR) is 44.6 cm³/mol. The van der Waals surface area contributed by atoms with Crippen molar-refractivity contribution in [1.29, 1.82) is 0 Å². The zero-order valence-electron chi connectivity index (χ0n) is 6.20. The number of nitrogens with one attached hydrogen (secondary N) is 1. The Labute approximate surface area is 68.1 Å². The first-order valence-electron chi connectivity index (χ1n) is 3.32. The SMILES string of the molecule is CCCN(N)c1ns[nH]c1=O. The number of H-pyrrole nitrogens is 1. The molecule has 0 spiro atoms. The van der Waals surface area contributed by atoms with Crippen molar-refractivity contribution in [3.05, 3.63) is 10.4 Å². The molecule has 0 aliphatic carbocycles. The van der Waals surface area contributed by atoms with E-state index in [2.05, 4.69) is 8.75 Å². The molecule has 0 amide bonds. The lowest BCUT2D eigenvalue weighted by Gasteiger charge is -2.11. The van der Waals surface area contributed by atoms with E-state index in [0.717, 1.165) is 18.1 Å². The van der Waals surface area contributed by atoms with E-state index in [1.54, 1.807) is 0 Å². The minimum atomic E-state index is -0.217. The highest BCUT2D eigenvalue weighted by Crippen LogP contribution is 1.99. The maximum absolute atomic E-state index is 10.9. The highest BCUT2D eigenvalue weighted by molar-refractivity contribution is 6.99. The van der Waals surface area contributed by atoms with Crippen molar-refractivity contribution < 1.29 is 0 Å². The van der Waals surface area contributed by atoms with E-state index in [4.69, 9.17) is 5.84 Å². The molecule has 1 aromatic rings. The van der Waals surface area contributed by atoms with Crippen molar-refractivity contribution in [3.8, 4) is 0 Å². The highest BCUT2D eigenvalue weighted by Gasteiger charge is 2.07. The number of aromatic amines is 1. The van der Waals surface area contributed by atoms with Crippen LogP contribution < -0.4 is 16.4 Å². The minimum absolute atomic E-state index is 0.217. The molecular weight excluding hydrogens is 164 g/mol. The van der Waals surface area contributed by atoms with Gasteiger partial charge in [0.1, 0.15) is 0 Å². The van der Waals surface area contributed by atoms with Crippen LogP contribution in [0.3, 0.4) is 0 Å². The first-order chi connectivity index (χ1) is 5.25. The van der Waals surface area contributed by atoms with Crippen molar-refractivity contribution in [2.75, 3.05) is 11.6 Å². The monoisotopic (exact) mass is 174 g/mol. The normalized spacial score (nSPS) is 10.0. The smallest absolute Gasteiger partial charge is 0.289 e. The third-order valence-corrected chi connectivity index (χ3v) is 1.75. The van der Waals surface area contributed by atoms with E-state index in [9.17, 15) is 4.79 Å². The predicted octanol–water partition coefficient (Wildman–Crippen LogP) is -0.0785. The van der Waals surface area contributed by atoms with Gasteiger partial charge in [-0.1, -0.05) is 6.92 Å². The van der Waals surface area contributed by atoms with E-state index in [1.807, 2.05) is 6.92 Å². The van der Waals surface area contributed by atoms with E-state index in [0.29, 0.717) is 12.4 Å². The van der Waals surface area contributed by atoms with Crippen LogP contribution in [0.5, 0.6) is 0 Å². The molecule has 0 saturated heterocycles. The summed E-state index contributed by atoms with van der Waals surface area (Å²) in [7, 11) is 0. The fourth-order valence-electron chi connectivity index (χ4n) is 0.724. The van der Waals surface area contributed by atoms with E-state index < -0.39 is 0 Å². The largest absolute Gasteiger partial charge is 0.303 e. The van der Waals surface area contributed by atoms with Crippen LogP contribution in [0, 0.1) is 0 Å². The summed E-state index contributed by atoms with van der Waals surface area (Å²) in [4.78, 5) is 10.9. The molecule has 1 rings (SSSR count). The van der Waals surface area contributed by atoms with Crippen LogP contribution in [0.15, 0.2) is 4.79 Å². The van der Waals surface area contributed by atoms with Crippen LogP contribution in [0.25, 0.3) is 0 Å². The van der Waals surface area contributed by atoms with Gasteiger partial charge in [0.15, 0.2) is 0 Å². The molecule has 62 valence electrons. The number of nitrogens with two attached hydrogens (primary N) is 1. The Bertz CT molecular complexity index is 267. The molecule has 3 N–H and O–H groups in total. The average Bonchev–Trinajstić information content (AvgIpc) is 2.36. The van der Waals surface area contributed by atoms with Crippen LogP contribution in [0.1, 0.15) is 13.3 Å². The van der Waals surface area contributed by atoms with Gasteiger partial charge in [0.2, 0.25) is 5.82 Å². The number of hydrazine groups is 1. The summed E-state index contributed by atoms with van der Waals surface area (Å²) in [5.74, 6) is 5.81. The Balaban J connectivity index is 2.75. The minimum Gasteiger partial charge on any atom is -0.289 e. The molecule has 1 aromatic heterocycles. The van der Waals surface area contributed by atoms with Crippen molar-refractivity contribution in [2.45, 2.75) is 13.3 Å². The zero-order chi connectivity index (χ0) is 8.27. The van der Waals surface area contributed by atoms with Crippen molar-refractivity contribution in [1.82, 2.24) is 8.75 Å². The van der Waals surface area contributed by atoms with Gasteiger partial charge in [0, 0.05) is 18.3 Å². The molecule has 0 aromatic carbocycles. The molecule has 5 nitrogen and oxygen atoms in total. The molecule has 0 aliphatic rings. The highest BCUT2D eigenvalue weighted by atomic mass is 32.1. The molecule has 0 bridgehead atoms. The summed E-state index contributed by atoms with van der Waals surface area (Å²) < 4.78 is 6.27. The molecule has 0 unspecified atom stereocenters. The number of aromatic nitrogens is 2. The number of nitrogens with zero attached hydrogens (tertiary/aromatic N) is 2. The van der Waals surface area contributed by atoms with E-state index >= 15 is 0 Å². The summed E-state index contributed by atoms with van der Waals surface area (Å²) >= 11 is 1.01. The van der Waals surface area contributed by atoms with Gasteiger partial charge in [0.05, 0.1) is 0 Å². The van der Waals surface area contributed by atoms with Gasteiger partial charge < -0.3 is 0 Å². The standard InChI is InChI=1S/C5H10N4OS/c1-2-3-9(6)4-5(10)8-11-7-4/h2-3,6H2,1H3,(H,8,10). The van der Waals surface area contributed by atoms with Crippen molar-refractivity contribution in [3.63, 3.8) is 0 Å². The van der Waals surface area contributed by atoms with Gasteiger partial charge in [-0.3, -0.25) is 14.2 Å². The lowest BCUT2D eigenvalue weighted by molar-refractivity contribution is 0.792. The van der Waals surface area contributed by atoms with E-state index in [-0.39, 0.29) is 5.56 Å². The van der Waals surface area contributed by atoms with Gasteiger partial charge in [-0.05, 0) is 6.42 Å². The summed E-state index contributed by atoms with van der Waals surface area (Å²) in [6.45, 7) is 2.63. The van der Waals surface area contributed by atoms with Crippen LogP contribution in [-0.4, -0.2) is 15.3 Å². The maximum Gasteiger partial charge on any atom is 0.303 e. The quantitative estimate of drug-likeness (QED) is 0.496. The van der Waals surface area contributed by atoms with Crippen molar-refractivity contribution >= 4 is 17.5 Å². The topological polar surface area (TPSA) is 75.0 Å². The van der Waals surface area contributed by atoms with Gasteiger partial charge in [-0.2, -0.15) is 4.37 Å². The second-order valence-corrected chi connectivity index (χ2v) is 2.70. The van der Waals surface area contributed by atoms with Gasteiger partial charge >= 0.3 is 5.56 Å². The molecule has 0 fully saturated rings. The first-order valence-corrected chi connectivity index (χ1v) is 4.09. The second-order valence-electron chi connectivity index (χ2n) is 2.13. The maximum atomic E-state index is 10.9.